The van der Waals surface area contributed by atoms with Crippen LogP contribution in [0.1, 0.15) is 5.56 Å². The molecule has 0 aliphatic carbocycles. The maximum absolute atomic E-state index is 13.1. The van der Waals surface area contributed by atoms with Crippen LogP contribution in [0.25, 0.3) is 6.08 Å². The number of alkyl halides is 6. The van der Waals surface area contributed by atoms with Crippen LogP contribution in [-0.4, -0.2) is 18.8 Å². The summed E-state index contributed by atoms with van der Waals surface area (Å²) in [7, 11) is 0. The molecule has 0 bridgehead atoms. The SMILES string of the molecule is C=Cc1ccc(OC(F)(F)C(F)OC(F)(F)F)c(Br)c1. The third-order valence-electron chi connectivity index (χ3n) is 1.94. The summed E-state index contributed by atoms with van der Waals surface area (Å²) < 4.78 is 80.6. The molecule has 0 amide bonds. The summed E-state index contributed by atoms with van der Waals surface area (Å²) in [5.74, 6) is -0.547. The number of hydrogen-bond donors (Lipinski definition) is 0. The van der Waals surface area contributed by atoms with Crippen molar-refractivity contribution < 1.29 is 35.8 Å². The van der Waals surface area contributed by atoms with Crippen molar-refractivity contribution in [1.29, 1.82) is 0 Å². The van der Waals surface area contributed by atoms with Gasteiger partial charge in [0.05, 0.1) is 4.47 Å². The van der Waals surface area contributed by atoms with Crippen molar-refractivity contribution in [2.24, 2.45) is 0 Å². The summed E-state index contributed by atoms with van der Waals surface area (Å²) in [6.07, 6.45) is -12.9. The largest absolute Gasteiger partial charge is 0.525 e. The van der Waals surface area contributed by atoms with Crippen molar-refractivity contribution in [2.45, 2.75) is 18.8 Å². The molecule has 2 nitrogen and oxygen atoms in total. The van der Waals surface area contributed by atoms with E-state index in [1.54, 1.807) is 0 Å². The Bertz CT molecular complexity index is 488. The zero-order chi connectivity index (χ0) is 15.6. The quantitative estimate of drug-likeness (QED) is 0.692. The van der Waals surface area contributed by atoms with Gasteiger partial charge < -0.3 is 4.74 Å². The molecule has 1 atom stereocenters. The van der Waals surface area contributed by atoms with Gasteiger partial charge in [0.2, 0.25) is 0 Å². The molecule has 112 valence electrons. The fourth-order valence-corrected chi connectivity index (χ4v) is 1.58. The minimum atomic E-state index is -5.55. The topological polar surface area (TPSA) is 18.5 Å². The Balaban J connectivity index is 2.87. The fraction of sp³-hybridized carbons (Fsp3) is 0.273. The molecule has 0 heterocycles. The lowest BCUT2D eigenvalue weighted by atomic mass is 10.2. The van der Waals surface area contributed by atoms with E-state index in [0.29, 0.717) is 5.56 Å². The second-order valence-corrected chi connectivity index (χ2v) is 4.29. The van der Waals surface area contributed by atoms with Gasteiger partial charge in [-0.2, -0.15) is 8.78 Å². The van der Waals surface area contributed by atoms with Gasteiger partial charge in [-0.05, 0) is 33.6 Å². The number of rotatable bonds is 5. The highest BCUT2D eigenvalue weighted by atomic mass is 79.9. The van der Waals surface area contributed by atoms with Crippen LogP contribution >= 0.6 is 15.9 Å². The molecule has 1 aromatic rings. The molecule has 0 spiro atoms. The lowest BCUT2D eigenvalue weighted by Crippen LogP contribution is -2.41. The monoisotopic (exact) mass is 364 g/mol. The van der Waals surface area contributed by atoms with Gasteiger partial charge in [-0.1, -0.05) is 18.7 Å². The van der Waals surface area contributed by atoms with Gasteiger partial charge in [0.1, 0.15) is 5.75 Å². The standard InChI is InChI=1S/C11H7BrF6O2/c1-2-6-3-4-8(7(12)5-6)19-10(14,15)9(13)20-11(16,17)18/h2-5,9H,1H2. The van der Waals surface area contributed by atoms with Crippen LogP contribution in [0.15, 0.2) is 29.3 Å². The van der Waals surface area contributed by atoms with Crippen LogP contribution < -0.4 is 4.74 Å². The van der Waals surface area contributed by atoms with E-state index in [0.717, 1.165) is 6.07 Å². The highest BCUT2D eigenvalue weighted by molar-refractivity contribution is 9.10. The average Bonchev–Trinajstić information content (AvgIpc) is 2.29. The Morgan fingerprint density at radius 2 is 1.80 bits per heavy atom. The van der Waals surface area contributed by atoms with Gasteiger partial charge >= 0.3 is 18.8 Å². The predicted molar refractivity (Wildman–Crippen MR) is 61.8 cm³/mol. The van der Waals surface area contributed by atoms with Crippen molar-refractivity contribution in [3.8, 4) is 5.75 Å². The molecule has 9 heteroatoms. The van der Waals surface area contributed by atoms with Gasteiger partial charge in [-0.3, -0.25) is 0 Å². The molecular weight excluding hydrogens is 358 g/mol. The molecule has 0 aliphatic rings. The zero-order valence-corrected chi connectivity index (χ0v) is 11.1. The van der Waals surface area contributed by atoms with Gasteiger partial charge in [0, 0.05) is 0 Å². The van der Waals surface area contributed by atoms with Gasteiger partial charge in [-0.25, -0.2) is 9.13 Å². The van der Waals surface area contributed by atoms with Crippen molar-refractivity contribution in [3.05, 3.63) is 34.8 Å². The van der Waals surface area contributed by atoms with E-state index in [4.69, 9.17) is 0 Å². The van der Waals surface area contributed by atoms with E-state index in [1.165, 1.54) is 18.2 Å². The summed E-state index contributed by atoms with van der Waals surface area (Å²) in [5.41, 5.74) is 0.538. The average molecular weight is 365 g/mol. The number of hydrogen-bond acceptors (Lipinski definition) is 2. The molecule has 1 rings (SSSR count). The van der Waals surface area contributed by atoms with E-state index < -0.39 is 24.6 Å². The van der Waals surface area contributed by atoms with Crippen molar-refractivity contribution >= 4 is 22.0 Å². The Morgan fingerprint density at radius 1 is 1.20 bits per heavy atom. The van der Waals surface area contributed by atoms with Crippen LogP contribution in [0.2, 0.25) is 0 Å². The minimum absolute atomic E-state index is 0.00576. The highest BCUT2D eigenvalue weighted by Crippen LogP contribution is 2.35. The summed E-state index contributed by atoms with van der Waals surface area (Å²) >= 11 is 2.86. The van der Waals surface area contributed by atoms with E-state index >= 15 is 0 Å². The van der Waals surface area contributed by atoms with Gasteiger partial charge in [-0.15, -0.1) is 13.2 Å². The first-order chi connectivity index (χ1) is 9.05. The Kier molecular flexibility index (Phi) is 5.09. The molecule has 1 aromatic carbocycles. The third-order valence-corrected chi connectivity index (χ3v) is 2.56. The van der Waals surface area contributed by atoms with E-state index in [9.17, 15) is 26.3 Å². The Labute approximate surface area is 118 Å². The number of benzene rings is 1. The van der Waals surface area contributed by atoms with Crippen molar-refractivity contribution in [2.75, 3.05) is 0 Å². The minimum Gasteiger partial charge on any atom is -0.427 e. The maximum atomic E-state index is 13.1. The molecule has 20 heavy (non-hydrogen) atoms. The molecule has 0 aromatic heterocycles. The summed E-state index contributed by atoms with van der Waals surface area (Å²) in [6, 6.07) is 3.65. The van der Waals surface area contributed by atoms with Crippen LogP contribution in [0, 0.1) is 0 Å². The van der Waals surface area contributed by atoms with E-state index in [2.05, 4.69) is 32.0 Å². The fourth-order valence-electron chi connectivity index (χ4n) is 1.11. The smallest absolute Gasteiger partial charge is 0.427 e. The number of halogens is 7. The summed E-state index contributed by atoms with van der Waals surface area (Å²) in [6.45, 7) is 3.43. The summed E-state index contributed by atoms with van der Waals surface area (Å²) in [4.78, 5) is 0. The van der Waals surface area contributed by atoms with Crippen LogP contribution in [0.5, 0.6) is 5.75 Å². The molecule has 1 unspecified atom stereocenters. The number of ether oxygens (including phenoxy) is 2. The normalized spacial score (nSPS) is 13.9. The molecule has 0 saturated heterocycles. The predicted octanol–water partition coefficient (Wildman–Crippen LogP) is 4.90. The third kappa shape index (κ3) is 4.71. The highest BCUT2D eigenvalue weighted by Gasteiger charge is 2.50. The Morgan fingerprint density at radius 3 is 2.25 bits per heavy atom. The van der Waals surface area contributed by atoms with Crippen LogP contribution in [0.4, 0.5) is 26.3 Å². The molecular formula is C11H7BrF6O2. The summed E-state index contributed by atoms with van der Waals surface area (Å²) in [5, 5.41) is 0. The molecule has 0 aliphatic heterocycles. The molecule has 0 N–H and O–H groups in total. The maximum Gasteiger partial charge on any atom is 0.525 e. The lowest BCUT2D eigenvalue weighted by Gasteiger charge is -2.22. The first-order valence-electron chi connectivity index (χ1n) is 4.92. The van der Waals surface area contributed by atoms with Crippen molar-refractivity contribution in [1.82, 2.24) is 0 Å². The lowest BCUT2D eigenvalue weighted by molar-refractivity contribution is -0.411. The van der Waals surface area contributed by atoms with Crippen LogP contribution in [-0.2, 0) is 4.74 Å². The first-order valence-corrected chi connectivity index (χ1v) is 5.72. The molecule has 0 radical (unpaired) electrons. The molecule has 0 saturated carbocycles. The first kappa shape index (κ1) is 16.8. The van der Waals surface area contributed by atoms with Crippen molar-refractivity contribution in [3.63, 3.8) is 0 Å². The van der Waals surface area contributed by atoms with Gasteiger partial charge in [0.15, 0.2) is 0 Å². The second-order valence-electron chi connectivity index (χ2n) is 3.44. The van der Waals surface area contributed by atoms with Crippen LogP contribution in [0.3, 0.4) is 0 Å². The zero-order valence-electron chi connectivity index (χ0n) is 9.56. The van der Waals surface area contributed by atoms with E-state index in [1.807, 2.05) is 0 Å². The second kappa shape index (κ2) is 6.04. The molecule has 0 fully saturated rings. The van der Waals surface area contributed by atoms with Gasteiger partial charge in [0.25, 0.3) is 0 Å². The Hall–Kier alpha value is -1.22. The van der Waals surface area contributed by atoms with E-state index in [-0.39, 0.29) is 4.47 Å².